The van der Waals surface area contributed by atoms with Crippen LogP contribution in [0.5, 0.6) is 11.9 Å². The molecule has 0 bridgehead atoms. The smallest absolute Gasteiger partial charge is 0.417 e. The molecule has 8 nitrogen and oxygen atoms in total. The highest BCUT2D eigenvalue weighted by Crippen LogP contribution is 2.56. The van der Waals surface area contributed by atoms with Gasteiger partial charge in [-0.2, -0.15) is 28.5 Å². The van der Waals surface area contributed by atoms with Crippen LogP contribution in [0, 0.1) is 11.3 Å². The predicted octanol–water partition coefficient (Wildman–Crippen LogP) is 4.37. The van der Waals surface area contributed by atoms with E-state index in [4.69, 9.17) is 14.7 Å². The molecule has 1 aromatic carbocycles. The van der Waals surface area contributed by atoms with Gasteiger partial charge in [-0.05, 0) is 42.0 Å². The molecule has 11 heteroatoms. The van der Waals surface area contributed by atoms with Crippen molar-refractivity contribution in [3.63, 3.8) is 0 Å². The van der Waals surface area contributed by atoms with E-state index in [0.29, 0.717) is 28.9 Å². The zero-order chi connectivity index (χ0) is 24.0. The quantitative estimate of drug-likeness (QED) is 0.431. The summed E-state index contributed by atoms with van der Waals surface area (Å²) in [5.41, 5.74) is 1.76. The summed E-state index contributed by atoms with van der Waals surface area (Å²) in [5, 5.41) is 13.6. The number of hydrogen-bond acceptors (Lipinski definition) is 7. The molecule has 34 heavy (non-hydrogen) atoms. The van der Waals surface area contributed by atoms with E-state index in [-0.39, 0.29) is 29.3 Å². The van der Waals surface area contributed by atoms with Crippen molar-refractivity contribution in [1.29, 1.82) is 5.26 Å². The molecule has 0 saturated heterocycles. The minimum Gasteiger partial charge on any atom is -0.480 e. The van der Waals surface area contributed by atoms with E-state index >= 15 is 0 Å². The molecule has 4 aromatic rings. The molecule has 0 N–H and O–H groups in total. The molecule has 2 atom stereocenters. The molecule has 5 rings (SSSR count). The third-order valence-electron chi connectivity index (χ3n) is 5.86. The van der Waals surface area contributed by atoms with Crippen LogP contribution in [0.3, 0.4) is 0 Å². The van der Waals surface area contributed by atoms with Gasteiger partial charge in [0.05, 0.1) is 42.7 Å². The Labute approximate surface area is 191 Å². The summed E-state index contributed by atoms with van der Waals surface area (Å²) < 4.78 is 52.4. The van der Waals surface area contributed by atoms with Crippen molar-refractivity contribution >= 4 is 5.65 Å². The lowest BCUT2D eigenvalue weighted by atomic mass is 9.99. The third kappa shape index (κ3) is 3.67. The Hall–Kier alpha value is -4.20. The topological polar surface area (TPSA) is 98.2 Å². The lowest BCUT2D eigenvalue weighted by molar-refractivity contribution is -0.137. The number of hydrogen-bond donors (Lipinski definition) is 0. The third-order valence-corrected chi connectivity index (χ3v) is 5.86. The number of aromatic nitrogens is 5. The van der Waals surface area contributed by atoms with Crippen molar-refractivity contribution in [3.05, 3.63) is 65.1 Å². The fourth-order valence-corrected chi connectivity index (χ4v) is 4.16. The van der Waals surface area contributed by atoms with Crippen LogP contribution in [0.1, 0.15) is 40.5 Å². The van der Waals surface area contributed by atoms with Gasteiger partial charge in [0.15, 0.2) is 5.65 Å². The molecule has 3 aromatic heterocycles. The number of nitriles is 1. The van der Waals surface area contributed by atoms with Crippen molar-refractivity contribution < 1.29 is 22.6 Å². The summed E-state index contributed by atoms with van der Waals surface area (Å²) in [7, 11) is 2.92. The first-order valence-corrected chi connectivity index (χ1v) is 10.2. The lowest BCUT2D eigenvalue weighted by Crippen LogP contribution is -2.08. The van der Waals surface area contributed by atoms with E-state index < -0.39 is 11.7 Å². The van der Waals surface area contributed by atoms with Crippen LogP contribution in [0.4, 0.5) is 13.2 Å². The van der Waals surface area contributed by atoms with E-state index in [2.05, 4.69) is 20.1 Å². The van der Waals surface area contributed by atoms with Crippen LogP contribution in [0.15, 0.2) is 42.9 Å². The SMILES string of the molecule is COc1ncc(-c2cc([C@H]3C[C@@H]3c3ccc(C#N)c(C(F)(F)F)c3)c3nccn3n2)c(OC)n1. The Morgan fingerprint density at radius 1 is 1.12 bits per heavy atom. The summed E-state index contributed by atoms with van der Waals surface area (Å²) in [5.74, 6) is 0.0726. The molecule has 1 aliphatic carbocycles. The average molecular weight is 466 g/mol. The average Bonchev–Trinajstić information content (AvgIpc) is 3.49. The monoisotopic (exact) mass is 466 g/mol. The van der Waals surface area contributed by atoms with Gasteiger partial charge < -0.3 is 9.47 Å². The zero-order valence-corrected chi connectivity index (χ0v) is 18.0. The van der Waals surface area contributed by atoms with E-state index in [9.17, 15) is 13.2 Å². The van der Waals surface area contributed by atoms with Gasteiger partial charge in [-0.1, -0.05) is 6.07 Å². The van der Waals surface area contributed by atoms with Crippen LogP contribution >= 0.6 is 0 Å². The molecule has 0 spiro atoms. The van der Waals surface area contributed by atoms with Crippen LogP contribution in [-0.2, 0) is 6.18 Å². The normalized spacial score (nSPS) is 17.4. The molecule has 0 amide bonds. The first-order chi connectivity index (χ1) is 16.3. The molecule has 1 saturated carbocycles. The Kier molecular flexibility index (Phi) is 5.08. The van der Waals surface area contributed by atoms with E-state index in [1.807, 2.05) is 6.07 Å². The van der Waals surface area contributed by atoms with Crippen molar-refractivity contribution in [1.82, 2.24) is 24.6 Å². The van der Waals surface area contributed by atoms with Gasteiger partial charge in [0, 0.05) is 24.2 Å². The summed E-state index contributed by atoms with van der Waals surface area (Å²) in [4.78, 5) is 12.7. The molecule has 3 heterocycles. The molecule has 1 fully saturated rings. The van der Waals surface area contributed by atoms with Gasteiger partial charge in [-0.15, -0.1) is 0 Å². The van der Waals surface area contributed by atoms with Crippen molar-refractivity contribution in [2.75, 3.05) is 14.2 Å². The largest absolute Gasteiger partial charge is 0.480 e. The first-order valence-electron chi connectivity index (χ1n) is 10.2. The summed E-state index contributed by atoms with van der Waals surface area (Å²) >= 11 is 0. The standard InChI is InChI=1S/C23H17F3N6O2/c1-33-21-17(11-29-22(30-21)34-2)19-9-16(20-28-5-6-32(20)31-19)15-8-14(15)12-3-4-13(10-27)18(7-12)23(24,25)26/h3-7,9,11,14-15H,8H2,1-2H3/t14-,15+/m1/s1. The van der Waals surface area contributed by atoms with Crippen LogP contribution < -0.4 is 9.47 Å². The van der Waals surface area contributed by atoms with Crippen molar-refractivity contribution in [2.24, 2.45) is 0 Å². The second-order valence-corrected chi connectivity index (χ2v) is 7.82. The van der Waals surface area contributed by atoms with Crippen LogP contribution in [-0.4, -0.2) is 38.8 Å². The lowest BCUT2D eigenvalue weighted by Gasteiger charge is -2.12. The number of alkyl halides is 3. The van der Waals surface area contributed by atoms with Gasteiger partial charge in [-0.25, -0.2) is 14.5 Å². The fourth-order valence-electron chi connectivity index (χ4n) is 4.16. The predicted molar refractivity (Wildman–Crippen MR) is 113 cm³/mol. The van der Waals surface area contributed by atoms with Gasteiger partial charge >= 0.3 is 12.2 Å². The highest BCUT2D eigenvalue weighted by molar-refractivity contribution is 5.68. The molecule has 172 valence electrons. The fraction of sp³-hybridized carbons (Fsp3) is 0.261. The number of imidazole rings is 1. The van der Waals surface area contributed by atoms with Crippen LogP contribution in [0.25, 0.3) is 16.9 Å². The number of methoxy groups -OCH3 is 2. The maximum absolute atomic E-state index is 13.4. The Morgan fingerprint density at radius 2 is 1.94 bits per heavy atom. The molecular weight excluding hydrogens is 449 g/mol. The second kappa shape index (κ2) is 7.98. The van der Waals surface area contributed by atoms with Gasteiger partial charge in [-0.3, -0.25) is 0 Å². The number of benzene rings is 1. The summed E-state index contributed by atoms with van der Waals surface area (Å²) in [6.45, 7) is 0. The van der Waals surface area contributed by atoms with Crippen molar-refractivity contribution in [2.45, 2.75) is 24.4 Å². The van der Waals surface area contributed by atoms with Crippen molar-refractivity contribution in [3.8, 4) is 29.2 Å². The highest BCUT2D eigenvalue weighted by atomic mass is 19.4. The molecule has 0 radical (unpaired) electrons. The second-order valence-electron chi connectivity index (χ2n) is 7.82. The zero-order valence-electron chi connectivity index (χ0n) is 18.0. The molecular formula is C23H17F3N6O2. The number of fused-ring (bicyclic) bond motifs is 1. The minimum atomic E-state index is -4.60. The number of ether oxygens (including phenoxy) is 2. The molecule has 0 unspecified atom stereocenters. The first kappa shape index (κ1) is 21.6. The molecule has 0 aliphatic heterocycles. The summed E-state index contributed by atoms with van der Waals surface area (Å²) in [6, 6.07) is 7.51. The Balaban J connectivity index is 1.56. The maximum atomic E-state index is 13.4. The van der Waals surface area contributed by atoms with E-state index in [1.54, 1.807) is 35.2 Å². The number of nitrogens with zero attached hydrogens (tertiary/aromatic N) is 6. The van der Waals surface area contributed by atoms with Gasteiger partial charge in [0.2, 0.25) is 5.88 Å². The van der Waals surface area contributed by atoms with Gasteiger partial charge in [0.25, 0.3) is 0 Å². The highest BCUT2D eigenvalue weighted by Gasteiger charge is 2.43. The molecule has 1 aliphatic rings. The number of halogens is 3. The maximum Gasteiger partial charge on any atom is 0.417 e. The number of rotatable bonds is 5. The van der Waals surface area contributed by atoms with Crippen LogP contribution in [0.2, 0.25) is 0 Å². The minimum absolute atomic E-state index is 0.0640. The van der Waals surface area contributed by atoms with Gasteiger partial charge in [0.1, 0.15) is 0 Å². The van der Waals surface area contributed by atoms with E-state index in [0.717, 1.165) is 11.6 Å². The van der Waals surface area contributed by atoms with E-state index in [1.165, 1.54) is 20.3 Å². The Bertz CT molecular complexity index is 1440. The Morgan fingerprint density at radius 3 is 2.65 bits per heavy atom. The summed E-state index contributed by atoms with van der Waals surface area (Å²) in [6.07, 6.45) is 0.889.